The molecule has 1 atom stereocenters. The van der Waals surface area contributed by atoms with Crippen molar-refractivity contribution in [3.63, 3.8) is 0 Å². The number of hydrogen-bond acceptors (Lipinski definition) is 4. The van der Waals surface area contributed by atoms with E-state index in [0.29, 0.717) is 43.8 Å². The predicted octanol–water partition coefficient (Wildman–Crippen LogP) is 2.93. The monoisotopic (exact) mass is 432 g/mol. The van der Waals surface area contributed by atoms with Crippen LogP contribution >= 0.6 is 0 Å². The van der Waals surface area contributed by atoms with Crippen LogP contribution in [0.15, 0.2) is 59.7 Å². The fourth-order valence-electron chi connectivity index (χ4n) is 4.21. The van der Waals surface area contributed by atoms with Crippen molar-refractivity contribution in [1.82, 2.24) is 15.2 Å². The van der Waals surface area contributed by atoms with Crippen molar-refractivity contribution >= 4 is 23.4 Å². The van der Waals surface area contributed by atoms with Crippen molar-refractivity contribution in [1.29, 1.82) is 0 Å². The number of amides is 3. The maximum atomic E-state index is 12.8. The molecule has 1 unspecified atom stereocenters. The molecule has 1 saturated heterocycles. The molecule has 0 radical (unpaired) electrons. The number of rotatable bonds is 5. The molecule has 2 aromatic rings. The second kappa shape index (κ2) is 9.77. The molecular weight excluding hydrogens is 404 g/mol. The molecule has 32 heavy (non-hydrogen) atoms. The summed E-state index contributed by atoms with van der Waals surface area (Å²) in [7, 11) is 1.58. The minimum atomic E-state index is -0.107. The lowest BCUT2D eigenvalue weighted by Gasteiger charge is -2.33. The summed E-state index contributed by atoms with van der Waals surface area (Å²) >= 11 is 0. The summed E-state index contributed by atoms with van der Waals surface area (Å²) in [6.07, 6.45) is 2.55. The fourth-order valence-corrected chi connectivity index (χ4v) is 4.21. The van der Waals surface area contributed by atoms with Crippen LogP contribution in [-0.2, 0) is 9.59 Å². The Bertz CT molecular complexity index is 1020. The number of nitrogens with one attached hydrogen (secondary N) is 1. The van der Waals surface area contributed by atoms with Gasteiger partial charge in [-0.25, -0.2) is 5.01 Å². The van der Waals surface area contributed by atoms with Crippen LogP contribution in [-0.4, -0.2) is 60.0 Å². The van der Waals surface area contributed by atoms with Crippen LogP contribution in [0.25, 0.3) is 11.1 Å². The molecule has 0 spiro atoms. The molecule has 1 fully saturated rings. The number of benzene rings is 2. The van der Waals surface area contributed by atoms with Crippen molar-refractivity contribution in [2.24, 2.45) is 11.0 Å². The van der Waals surface area contributed by atoms with E-state index < -0.39 is 0 Å². The smallest absolute Gasteiger partial charge is 0.270 e. The largest absolute Gasteiger partial charge is 0.352 e. The standard InChI is InChI=1S/C25H28N4O3/c1-28-23(30)14-13-22(27-28)25(32)29-15-5-6-18(17-29)16-26-24(31)21-11-9-20(10-12-21)19-7-3-2-4-8-19/h2-4,7-12,18H,5-6,13-17H2,1H3,(H,26,31). The van der Waals surface area contributed by atoms with Crippen molar-refractivity contribution in [2.75, 3.05) is 26.7 Å². The summed E-state index contributed by atoms with van der Waals surface area (Å²) < 4.78 is 0. The molecule has 0 aromatic heterocycles. The topological polar surface area (TPSA) is 82.1 Å². The zero-order valence-corrected chi connectivity index (χ0v) is 18.3. The molecule has 166 valence electrons. The third kappa shape index (κ3) is 5.04. The van der Waals surface area contributed by atoms with E-state index >= 15 is 0 Å². The van der Waals surface area contributed by atoms with E-state index in [4.69, 9.17) is 0 Å². The van der Waals surface area contributed by atoms with Gasteiger partial charge in [-0.15, -0.1) is 0 Å². The first-order valence-corrected chi connectivity index (χ1v) is 11.1. The molecule has 3 amide bonds. The molecule has 0 saturated carbocycles. The Kier molecular flexibility index (Phi) is 6.63. The van der Waals surface area contributed by atoms with Gasteiger partial charge in [-0.05, 0) is 42.0 Å². The van der Waals surface area contributed by atoms with E-state index in [0.717, 1.165) is 24.0 Å². The first-order chi connectivity index (χ1) is 15.5. The zero-order chi connectivity index (χ0) is 22.5. The van der Waals surface area contributed by atoms with Crippen LogP contribution in [0.2, 0.25) is 0 Å². The van der Waals surface area contributed by atoms with E-state index in [2.05, 4.69) is 10.4 Å². The number of likely N-dealkylation sites (tertiary alicyclic amines) is 1. The lowest BCUT2D eigenvalue weighted by molar-refractivity contribution is -0.131. The van der Waals surface area contributed by atoms with Gasteiger partial charge in [0, 0.05) is 45.1 Å². The zero-order valence-electron chi connectivity index (χ0n) is 18.3. The number of piperidine rings is 1. The Morgan fingerprint density at radius 2 is 1.75 bits per heavy atom. The summed E-state index contributed by atoms with van der Waals surface area (Å²) in [5, 5.41) is 8.42. The van der Waals surface area contributed by atoms with Crippen LogP contribution in [0.1, 0.15) is 36.0 Å². The molecule has 2 aliphatic heterocycles. The second-order valence-electron chi connectivity index (χ2n) is 8.38. The van der Waals surface area contributed by atoms with Crippen LogP contribution in [0, 0.1) is 5.92 Å². The van der Waals surface area contributed by atoms with E-state index in [1.807, 2.05) is 54.6 Å². The van der Waals surface area contributed by atoms with Gasteiger partial charge in [0.15, 0.2) is 0 Å². The first-order valence-electron chi connectivity index (χ1n) is 11.1. The van der Waals surface area contributed by atoms with Crippen LogP contribution in [0.4, 0.5) is 0 Å². The van der Waals surface area contributed by atoms with Crippen LogP contribution < -0.4 is 5.32 Å². The Hall–Kier alpha value is -3.48. The third-order valence-electron chi connectivity index (χ3n) is 6.07. The van der Waals surface area contributed by atoms with Gasteiger partial charge in [-0.3, -0.25) is 14.4 Å². The molecule has 7 heteroatoms. The highest BCUT2D eigenvalue weighted by molar-refractivity contribution is 6.39. The third-order valence-corrected chi connectivity index (χ3v) is 6.07. The summed E-state index contributed by atoms with van der Waals surface area (Å²) in [4.78, 5) is 38.8. The Labute approximate surface area is 188 Å². The Morgan fingerprint density at radius 1 is 1.03 bits per heavy atom. The van der Waals surface area contributed by atoms with E-state index in [-0.39, 0.29) is 23.6 Å². The average Bonchev–Trinajstić information content (AvgIpc) is 2.84. The van der Waals surface area contributed by atoms with Crippen molar-refractivity contribution in [2.45, 2.75) is 25.7 Å². The molecule has 2 heterocycles. The minimum absolute atomic E-state index is 0.0717. The number of carbonyl (C=O) groups is 3. The Morgan fingerprint density at radius 3 is 2.47 bits per heavy atom. The number of hydrazone groups is 1. The molecule has 1 N–H and O–H groups in total. The highest BCUT2D eigenvalue weighted by Gasteiger charge is 2.29. The molecule has 7 nitrogen and oxygen atoms in total. The molecule has 0 bridgehead atoms. The normalized spacial score (nSPS) is 18.8. The first kappa shape index (κ1) is 21.7. The summed E-state index contributed by atoms with van der Waals surface area (Å²) in [5.74, 6) is -0.0805. The van der Waals surface area contributed by atoms with E-state index in [1.54, 1.807) is 11.9 Å². The van der Waals surface area contributed by atoms with Crippen molar-refractivity contribution < 1.29 is 14.4 Å². The minimum Gasteiger partial charge on any atom is -0.352 e. The lowest BCUT2D eigenvalue weighted by atomic mass is 9.97. The van der Waals surface area contributed by atoms with E-state index in [9.17, 15) is 14.4 Å². The molecular formula is C25H28N4O3. The molecule has 0 aliphatic carbocycles. The number of carbonyl (C=O) groups excluding carboxylic acids is 3. The van der Waals surface area contributed by atoms with Gasteiger partial charge < -0.3 is 10.2 Å². The fraction of sp³-hybridized carbons (Fsp3) is 0.360. The molecule has 2 aromatic carbocycles. The Balaban J connectivity index is 1.31. The quantitative estimate of drug-likeness (QED) is 0.789. The van der Waals surface area contributed by atoms with Crippen LogP contribution in [0.3, 0.4) is 0 Å². The number of hydrogen-bond donors (Lipinski definition) is 1. The van der Waals surface area contributed by atoms with Crippen molar-refractivity contribution in [3.05, 3.63) is 60.2 Å². The van der Waals surface area contributed by atoms with Gasteiger partial charge >= 0.3 is 0 Å². The lowest BCUT2D eigenvalue weighted by Crippen LogP contribution is -2.47. The molecule has 4 rings (SSSR count). The maximum Gasteiger partial charge on any atom is 0.270 e. The van der Waals surface area contributed by atoms with Gasteiger partial charge in [0.2, 0.25) is 5.91 Å². The van der Waals surface area contributed by atoms with Gasteiger partial charge in [0.25, 0.3) is 11.8 Å². The van der Waals surface area contributed by atoms with Gasteiger partial charge in [0.1, 0.15) is 5.71 Å². The predicted molar refractivity (Wildman–Crippen MR) is 123 cm³/mol. The SMILES string of the molecule is CN1N=C(C(=O)N2CCCC(CNC(=O)c3ccc(-c4ccccc4)cc3)C2)CCC1=O. The summed E-state index contributed by atoms with van der Waals surface area (Å²) in [6, 6.07) is 17.6. The van der Waals surface area contributed by atoms with E-state index in [1.165, 1.54) is 5.01 Å². The van der Waals surface area contributed by atoms with Gasteiger partial charge in [-0.2, -0.15) is 5.10 Å². The highest BCUT2D eigenvalue weighted by atomic mass is 16.2. The highest BCUT2D eigenvalue weighted by Crippen LogP contribution is 2.20. The van der Waals surface area contributed by atoms with Gasteiger partial charge in [0.05, 0.1) is 0 Å². The average molecular weight is 433 g/mol. The maximum absolute atomic E-state index is 12.8. The van der Waals surface area contributed by atoms with Crippen molar-refractivity contribution in [3.8, 4) is 11.1 Å². The van der Waals surface area contributed by atoms with Gasteiger partial charge in [-0.1, -0.05) is 42.5 Å². The number of nitrogens with zero attached hydrogens (tertiary/aromatic N) is 3. The summed E-state index contributed by atoms with van der Waals surface area (Å²) in [5.41, 5.74) is 3.25. The summed E-state index contributed by atoms with van der Waals surface area (Å²) in [6.45, 7) is 1.79. The molecule has 2 aliphatic rings. The van der Waals surface area contributed by atoms with Crippen LogP contribution in [0.5, 0.6) is 0 Å². The second-order valence-corrected chi connectivity index (χ2v) is 8.38.